The smallest absolute Gasteiger partial charge is 0.231 e. The molecule has 0 unspecified atom stereocenters. The fourth-order valence-corrected chi connectivity index (χ4v) is 1.45. The minimum Gasteiger partial charge on any atom is -0.369 e. The molecular weight excluding hydrogens is 140 g/mol. The maximum absolute atomic E-state index is 10.5. The summed E-state index contributed by atoms with van der Waals surface area (Å²) in [5.74, 6) is 0.589. The lowest BCUT2D eigenvalue weighted by atomic mass is 9.85. The number of carbonyl (C=O) groups excluding carboxylic acids is 1. The summed E-state index contributed by atoms with van der Waals surface area (Å²) in [4.78, 5) is 12.5. The summed E-state index contributed by atoms with van der Waals surface area (Å²) in [5.41, 5.74) is 5.05. The van der Waals surface area contributed by atoms with Crippen molar-refractivity contribution in [2.24, 2.45) is 11.7 Å². The molecule has 0 heterocycles. The lowest BCUT2D eigenvalue weighted by molar-refractivity contribution is -0.119. The van der Waals surface area contributed by atoms with Crippen LogP contribution in [-0.2, 0) is 4.79 Å². The van der Waals surface area contributed by atoms with Crippen molar-refractivity contribution in [1.29, 1.82) is 0 Å². The summed E-state index contributed by atoms with van der Waals surface area (Å²) < 4.78 is 0. The lowest BCUT2D eigenvalue weighted by Crippen LogP contribution is -2.35. The van der Waals surface area contributed by atoms with E-state index >= 15 is 0 Å². The maximum atomic E-state index is 10.5. The van der Waals surface area contributed by atoms with Crippen LogP contribution in [0.5, 0.6) is 0 Å². The van der Waals surface area contributed by atoms with Gasteiger partial charge in [-0.2, -0.15) is 0 Å². The molecule has 0 aromatic rings. The van der Waals surface area contributed by atoms with Gasteiger partial charge in [-0.3, -0.25) is 9.69 Å². The molecule has 0 aromatic carbocycles. The van der Waals surface area contributed by atoms with E-state index in [1.54, 1.807) is 0 Å². The van der Waals surface area contributed by atoms with Crippen LogP contribution in [0, 0.1) is 5.92 Å². The molecule has 1 amide bonds. The van der Waals surface area contributed by atoms with Gasteiger partial charge in [0, 0.05) is 6.54 Å². The molecule has 0 spiro atoms. The average Bonchev–Trinajstić information content (AvgIpc) is 1.77. The van der Waals surface area contributed by atoms with Crippen molar-refractivity contribution in [2.75, 3.05) is 20.1 Å². The molecule has 0 aromatic heterocycles. The monoisotopic (exact) mass is 156 g/mol. The molecule has 0 saturated heterocycles. The van der Waals surface area contributed by atoms with Gasteiger partial charge in [0.25, 0.3) is 0 Å². The van der Waals surface area contributed by atoms with Crippen LogP contribution in [0.15, 0.2) is 0 Å². The molecule has 3 nitrogen and oxygen atoms in total. The Morgan fingerprint density at radius 1 is 1.64 bits per heavy atom. The number of likely N-dealkylation sites (N-methyl/N-ethyl adjacent to an activating group) is 1. The Hall–Kier alpha value is -0.570. The molecule has 1 fully saturated rings. The minimum atomic E-state index is -0.230. The van der Waals surface area contributed by atoms with E-state index in [9.17, 15) is 4.79 Å². The topological polar surface area (TPSA) is 46.3 Å². The van der Waals surface area contributed by atoms with E-state index in [1.807, 2.05) is 11.9 Å². The minimum absolute atomic E-state index is 0.230. The van der Waals surface area contributed by atoms with Crippen LogP contribution < -0.4 is 5.73 Å². The van der Waals surface area contributed by atoms with E-state index in [0.717, 1.165) is 12.5 Å². The quantitative estimate of drug-likeness (QED) is 0.632. The van der Waals surface area contributed by atoms with E-state index < -0.39 is 0 Å². The standard InChI is InChI=1S/C8H16N2O/c1-10(6-8(9)11)5-7-3-2-4-7/h7H,2-6H2,1H3,(H2,9,11). The van der Waals surface area contributed by atoms with Crippen molar-refractivity contribution in [3.63, 3.8) is 0 Å². The highest BCUT2D eigenvalue weighted by Gasteiger charge is 2.19. The van der Waals surface area contributed by atoms with Gasteiger partial charge in [0.05, 0.1) is 6.54 Å². The highest BCUT2D eigenvalue weighted by atomic mass is 16.1. The van der Waals surface area contributed by atoms with Crippen LogP contribution in [0.25, 0.3) is 0 Å². The van der Waals surface area contributed by atoms with Crippen LogP contribution in [0.3, 0.4) is 0 Å². The Morgan fingerprint density at radius 3 is 2.64 bits per heavy atom. The fourth-order valence-electron chi connectivity index (χ4n) is 1.45. The van der Waals surface area contributed by atoms with Crippen LogP contribution in [0.4, 0.5) is 0 Å². The second-order valence-corrected chi connectivity index (χ2v) is 3.46. The van der Waals surface area contributed by atoms with Crippen LogP contribution in [0.1, 0.15) is 19.3 Å². The van der Waals surface area contributed by atoms with Crippen LogP contribution in [0.2, 0.25) is 0 Å². The number of hydrogen-bond donors (Lipinski definition) is 1. The van der Waals surface area contributed by atoms with Crippen molar-refractivity contribution in [3.05, 3.63) is 0 Å². The summed E-state index contributed by atoms with van der Waals surface area (Å²) in [6, 6.07) is 0. The maximum Gasteiger partial charge on any atom is 0.231 e. The Balaban J connectivity index is 2.09. The van der Waals surface area contributed by atoms with Gasteiger partial charge in [0.2, 0.25) is 5.91 Å². The first-order valence-corrected chi connectivity index (χ1v) is 4.15. The second-order valence-electron chi connectivity index (χ2n) is 3.46. The summed E-state index contributed by atoms with van der Waals surface area (Å²) in [6.07, 6.45) is 4.00. The number of nitrogens with zero attached hydrogens (tertiary/aromatic N) is 1. The number of amides is 1. The predicted molar refractivity (Wildman–Crippen MR) is 44.0 cm³/mol. The molecular formula is C8H16N2O. The van der Waals surface area contributed by atoms with Crippen molar-refractivity contribution in [2.45, 2.75) is 19.3 Å². The third kappa shape index (κ3) is 2.89. The summed E-state index contributed by atoms with van der Waals surface area (Å²) >= 11 is 0. The van der Waals surface area contributed by atoms with Gasteiger partial charge in [0.1, 0.15) is 0 Å². The van der Waals surface area contributed by atoms with Crippen molar-refractivity contribution in [1.82, 2.24) is 4.90 Å². The number of primary amides is 1. The third-order valence-electron chi connectivity index (χ3n) is 2.22. The Kier molecular flexibility index (Phi) is 2.88. The highest BCUT2D eigenvalue weighted by molar-refractivity contribution is 5.75. The Morgan fingerprint density at radius 2 is 2.27 bits per heavy atom. The predicted octanol–water partition coefficient (Wildman–Crippen LogP) is 0.204. The van der Waals surface area contributed by atoms with E-state index in [4.69, 9.17) is 5.73 Å². The molecule has 0 radical (unpaired) electrons. The van der Waals surface area contributed by atoms with Gasteiger partial charge in [-0.1, -0.05) is 6.42 Å². The first-order chi connectivity index (χ1) is 5.18. The summed E-state index contributed by atoms with van der Waals surface area (Å²) in [5, 5.41) is 0. The van der Waals surface area contributed by atoms with Gasteiger partial charge in [-0.25, -0.2) is 0 Å². The van der Waals surface area contributed by atoms with Crippen LogP contribution >= 0.6 is 0 Å². The number of rotatable bonds is 4. The SMILES string of the molecule is CN(CC(N)=O)CC1CCC1. The molecule has 0 bridgehead atoms. The largest absolute Gasteiger partial charge is 0.369 e. The fraction of sp³-hybridized carbons (Fsp3) is 0.875. The van der Waals surface area contributed by atoms with Crippen molar-refractivity contribution >= 4 is 5.91 Å². The molecule has 1 aliphatic rings. The second kappa shape index (κ2) is 3.72. The van der Waals surface area contributed by atoms with E-state index in [2.05, 4.69) is 0 Å². The average molecular weight is 156 g/mol. The number of hydrogen-bond acceptors (Lipinski definition) is 2. The van der Waals surface area contributed by atoms with E-state index in [1.165, 1.54) is 19.3 Å². The van der Waals surface area contributed by atoms with Gasteiger partial charge < -0.3 is 5.73 Å². The molecule has 1 rings (SSSR count). The Bertz CT molecular complexity index is 143. The highest BCUT2D eigenvalue weighted by Crippen LogP contribution is 2.26. The molecule has 11 heavy (non-hydrogen) atoms. The molecule has 1 aliphatic carbocycles. The first kappa shape index (κ1) is 8.53. The summed E-state index contributed by atoms with van der Waals surface area (Å²) in [6.45, 7) is 1.43. The zero-order chi connectivity index (χ0) is 8.27. The number of carbonyl (C=O) groups is 1. The third-order valence-corrected chi connectivity index (χ3v) is 2.22. The molecule has 1 saturated carbocycles. The zero-order valence-corrected chi connectivity index (χ0v) is 7.05. The molecule has 64 valence electrons. The van der Waals surface area contributed by atoms with Crippen LogP contribution in [-0.4, -0.2) is 30.9 Å². The van der Waals surface area contributed by atoms with Crippen molar-refractivity contribution < 1.29 is 4.79 Å². The molecule has 0 atom stereocenters. The normalized spacial score (nSPS) is 18.4. The lowest BCUT2D eigenvalue weighted by Gasteiger charge is -2.29. The van der Waals surface area contributed by atoms with E-state index in [0.29, 0.717) is 6.54 Å². The molecule has 0 aliphatic heterocycles. The van der Waals surface area contributed by atoms with Crippen molar-refractivity contribution in [3.8, 4) is 0 Å². The molecule has 2 N–H and O–H groups in total. The van der Waals surface area contributed by atoms with Gasteiger partial charge in [-0.05, 0) is 25.8 Å². The Labute approximate surface area is 67.5 Å². The van der Waals surface area contributed by atoms with E-state index in [-0.39, 0.29) is 5.91 Å². The summed E-state index contributed by atoms with van der Waals surface area (Å²) in [7, 11) is 1.95. The zero-order valence-electron chi connectivity index (χ0n) is 7.05. The van der Waals surface area contributed by atoms with Gasteiger partial charge in [-0.15, -0.1) is 0 Å². The van der Waals surface area contributed by atoms with Gasteiger partial charge in [0.15, 0.2) is 0 Å². The molecule has 3 heteroatoms. The van der Waals surface area contributed by atoms with Gasteiger partial charge >= 0.3 is 0 Å². The first-order valence-electron chi connectivity index (χ1n) is 4.15. The number of nitrogens with two attached hydrogens (primary N) is 1.